The minimum Gasteiger partial charge on any atom is -0.318 e. The summed E-state index contributed by atoms with van der Waals surface area (Å²) in [6.07, 6.45) is 0. The second kappa shape index (κ2) is 2.57. The van der Waals surface area contributed by atoms with E-state index in [1.807, 2.05) is 0 Å². The molecule has 0 spiro atoms. The van der Waals surface area contributed by atoms with E-state index in [4.69, 9.17) is 11.6 Å². The maximum absolute atomic E-state index is 11.2. The van der Waals surface area contributed by atoms with Crippen molar-refractivity contribution in [1.82, 2.24) is 0 Å². The van der Waals surface area contributed by atoms with E-state index in [2.05, 4.69) is 5.32 Å². The Kier molecular flexibility index (Phi) is 1.63. The van der Waals surface area contributed by atoms with E-state index in [9.17, 15) is 9.59 Å². The fraction of sp³-hybridized carbons (Fsp3) is 0.111. The van der Waals surface area contributed by atoms with E-state index in [0.717, 1.165) is 5.56 Å². The van der Waals surface area contributed by atoms with E-state index in [1.54, 1.807) is 19.1 Å². The zero-order valence-corrected chi connectivity index (χ0v) is 7.61. The first-order valence-corrected chi connectivity index (χ1v) is 4.13. The molecule has 0 fully saturated rings. The Bertz CT molecular complexity index is 426. The van der Waals surface area contributed by atoms with E-state index in [0.29, 0.717) is 16.3 Å². The molecule has 1 aliphatic rings. The van der Waals surface area contributed by atoms with Gasteiger partial charge in [0.05, 0.1) is 11.3 Å². The van der Waals surface area contributed by atoms with Crippen molar-refractivity contribution < 1.29 is 9.59 Å². The van der Waals surface area contributed by atoms with Crippen LogP contribution in [0.25, 0.3) is 0 Å². The van der Waals surface area contributed by atoms with Crippen molar-refractivity contribution >= 4 is 29.0 Å². The maximum atomic E-state index is 11.2. The highest BCUT2D eigenvalue weighted by Gasteiger charge is 2.28. The Balaban J connectivity index is 2.66. The number of rotatable bonds is 0. The van der Waals surface area contributed by atoms with Crippen molar-refractivity contribution in [3.05, 3.63) is 28.3 Å². The van der Waals surface area contributed by atoms with E-state index < -0.39 is 11.7 Å². The predicted molar refractivity (Wildman–Crippen MR) is 49.1 cm³/mol. The fourth-order valence-electron chi connectivity index (χ4n) is 1.27. The minimum atomic E-state index is -0.586. The molecule has 1 amide bonds. The minimum absolute atomic E-state index is 0.409. The van der Waals surface area contributed by atoms with Crippen molar-refractivity contribution in [2.75, 3.05) is 5.32 Å². The summed E-state index contributed by atoms with van der Waals surface area (Å²) in [6, 6.07) is 3.22. The predicted octanol–water partition coefficient (Wildman–Crippen LogP) is 1.78. The third kappa shape index (κ3) is 1.12. The Morgan fingerprint density at radius 2 is 2.00 bits per heavy atom. The molecule has 1 aromatic carbocycles. The molecule has 0 unspecified atom stereocenters. The first kappa shape index (κ1) is 8.26. The van der Waals surface area contributed by atoms with Gasteiger partial charge >= 0.3 is 0 Å². The van der Waals surface area contributed by atoms with Gasteiger partial charge in [-0.1, -0.05) is 11.6 Å². The van der Waals surface area contributed by atoms with Crippen LogP contribution in [0.5, 0.6) is 0 Å². The molecule has 1 aliphatic heterocycles. The maximum Gasteiger partial charge on any atom is 0.296 e. The van der Waals surface area contributed by atoms with Crippen LogP contribution in [-0.2, 0) is 4.79 Å². The van der Waals surface area contributed by atoms with Gasteiger partial charge in [0.15, 0.2) is 0 Å². The molecule has 66 valence electrons. The molecular formula is C9H6ClNO2. The Morgan fingerprint density at radius 1 is 1.31 bits per heavy atom. The van der Waals surface area contributed by atoms with Crippen LogP contribution in [0.2, 0.25) is 5.02 Å². The molecule has 0 bridgehead atoms. The summed E-state index contributed by atoms with van der Waals surface area (Å²) in [6.45, 7) is 1.79. The molecule has 2 rings (SSSR count). The van der Waals surface area contributed by atoms with Crippen LogP contribution in [-0.4, -0.2) is 11.7 Å². The molecule has 0 saturated heterocycles. The van der Waals surface area contributed by atoms with Gasteiger partial charge in [0.2, 0.25) is 0 Å². The molecule has 3 nitrogen and oxygen atoms in total. The largest absolute Gasteiger partial charge is 0.318 e. The number of hydrogen-bond donors (Lipinski definition) is 1. The average molecular weight is 196 g/mol. The summed E-state index contributed by atoms with van der Waals surface area (Å²) in [4.78, 5) is 22.2. The summed E-state index contributed by atoms with van der Waals surface area (Å²) < 4.78 is 0. The highest BCUT2D eigenvalue weighted by Crippen LogP contribution is 2.28. The van der Waals surface area contributed by atoms with Gasteiger partial charge in [0.25, 0.3) is 11.7 Å². The van der Waals surface area contributed by atoms with Crippen LogP contribution in [0, 0.1) is 6.92 Å². The first-order chi connectivity index (χ1) is 6.09. The number of carbonyl (C=O) groups excluding carboxylic acids is 2. The van der Waals surface area contributed by atoms with Gasteiger partial charge in [-0.25, -0.2) is 0 Å². The molecular weight excluding hydrogens is 190 g/mol. The summed E-state index contributed by atoms with van der Waals surface area (Å²) in [5, 5.41) is 2.99. The van der Waals surface area contributed by atoms with Crippen molar-refractivity contribution in [3.8, 4) is 0 Å². The molecule has 0 atom stereocenters. The normalized spacial score (nSPS) is 14.3. The fourth-order valence-corrected chi connectivity index (χ4v) is 1.44. The number of carbonyl (C=O) groups is 2. The monoisotopic (exact) mass is 195 g/mol. The van der Waals surface area contributed by atoms with Crippen LogP contribution in [0.1, 0.15) is 15.9 Å². The third-order valence-electron chi connectivity index (χ3n) is 2.00. The molecule has 1 aromatic rings. The quantitative estimate of drug-likeness (QED) is 0.642. The van der Waals surface area contributed by atoms with Crippen molar-refractivity contribution in [3.63, 3.8) is 0 Å². The van der Waals surface area contributed by atoms with Gasteiger partial charge in [-0.3, -0.25) is 9.59 Å². The molecule has 0 aromatic heterocycles. The lowest BCUT2D eigenvalue weighted by Gasteiger charge is -2.00. The Hall–Kier alpha value is -1.35. The van der Waals surface area contributed by atoms with Crippen molar-refractivity contribution in [1.29, 1.82) is 0 Å². The van der Waals surface area contributed by atoms with Gasteiger partial charge in [0, 0.05) is 5.02 Å². The number of amides is 1. The lowest BCUT2D eigenvalue weighted by molar-refractivity contribution is -0.112. The SMILES string of the molecule is Cc1cc2c(cc1Cl)NC(=O)C2=O. The molecule has 13 heavy (non-hydrogen) atoms. The number of hydrogen-bond acceptors (Lipinski definition) is 2. The van der Waals surface area contributed by atoms with Gasteiger partial charge in [0.1, 0.15) is 0 Å². The Labute approximate surface area is 79.7 Å². The second-order valence-electron chi connectivity index (χ2n) is 2.93. The number of nitrogens with one attached hydrogen (secondary N) is 1. The molecule has 1 N–H and O–H groups in total. The number of benzene rings is 1. The van der Waals surface area contributed by atoms with Crippen LogP contribution in [0.15, 0.2) is 12.1 Å². The topological polar surface area (TPSA) is 46.2 Å². The summed E-state index contributed by atoms with van der Waals surface area (Å²) in [5.41, 5.74) is 1.71. The van der Waals surface area contributed by atoms with E-state index >= 15 is 0 Å². The van der Waals surface area contributed by atoms with Crippen molar-refractivity contribution in [2.45, 2.75) is 6.92 Å². The number of anilines is 1. The highest BCUT2D eigenvalue weighted by atomic mass is 35.5. The lowest BCUT2D eigenvalue weighted by Crippen LogP contribution is -2.12. The van der Waals surface area contributed by atoms with Crippen LogP contribution in [0.3, 0.4) is 0 Å². The number of halogens is 1. The van der Waals surface area contributed by atoms with E-state index in [1.165, 1.54) is 0 Å². The third-order valence-corrected chi connectivity index (χ3v) is 2.41. The van der Waals surface area contributed by atoms with Crippen molar-refractivity contribution in [2.24, 2.45) is 0 Å². The van der Waals surface area contributed by atoms with Gasteiger partial charge in [-0.05, 0) is 24.6 Å². The summed E-state index contributed by atoms with van der Waals surface area (Å²) in [5.74, 6) is -1.08. The second-order valence-corrected chi connectivity index (χ2v) is 3.34. The highest BCUT2D eigenvalue weighted by molar-refractivity contribution is 6.52. The van der Waals surface area contributed by atoms with Gasteiger partial charge in [-0.15, -0.1) is 0 Å². The van der Waals surface area contributed by atoms with Crippen LogP contribution in [0.4, 0.5) is 5.69 Å². The summed E-state index contributed by atoms with van der Waals surface area (Å²) in [7, 11) is 0. The number of ketones is 1. The average Bonchev–Trinajstić information content (AvgIpc) is 2.32. The number of aryl methyl sites for hydroxylation is 1. The molecule has 4 heteroatoms. The summed E-state index contributed by atoms with van der Waals surface area (Å²) >= 11 is 5.83. The van der Waals surface area contributed by atoms with Crippen LogP contribution < -0.4 is 5.32 Å². The first-order valence-electron chi connectivity index (χ1n) is 3.75. The number of Topliss-reactive ketones (excluding diaryl/α,β-unsaturated/α-hetero) is 1. The smallest absolute Gasteiger partial charge is 0.296 e. The Morgan fingerprint density at radius 3 is 2.69 bits per heavy atom. The van der Waals surface area contributed by atoms with Gasteiger partial charge < -0.3 is 5.32 Å². The molecule has 0 aliphatic carbocycles. The van der Waals surface area contributed by atoms with Crippen LogP contribution >= 0.6 is 11.6 Å². The molecule has 0 radical (unpaired) electrons. The molecule has 0 saturated carbocycles. The van der Waals surface area contributed by atoms with E-state index in [-0.39, 0.29) is 0 Å². The lowest BCUT2D eigenvalue weighted by atomic mass is 10.1. The number of fused-ring (bicyclic) bond motifs is 1. The zero-order chi connectivity index (χ0) is 9.59. The zero-order valence-electron chi connectivity index (χ0n) is 6.85. The standard InChI is InChI=1S/C9H6ClNO2/c1-4-2-5-7(3-6(4)10)11-9(13)8(5)12/h2-3H,1H3,(H,11,12,13). The molecule has 1 heterocycles. The van der Waals surface area contributed by atoms with Gasteiger partial charge in [-0.2, -0.15) is 0 Å².